The van der Waals surface area contributed by atoms with Crippen molar-refractivity contribution in [1.29, 1.82) is 0 Å². The first-order valence-corrected chi connectivity index (χ1v) is 9.70. The standard InChI is InChI=1S/C13H22N2O4S2/c1-5-15(6-2)21(18,19)13-9-7-12(8-10-13)20(16,17)14-11(3)4/h7-11,14H,5-6H2,1-4H3. The molecule has 8 heteroatoms. The fourth-order valence-corrected chi connectivity index (χ4v) is 4.59. The van der Waals surface area contributed by atoms with E-state index in [0.717, 1.165) is 0 Å². The molecular weight excluding hydrogens is 312 g/mol. The third-order valence-corrected chi connectivity index (χ3v) is 6.61. The van der Waals surface area contributed by atoms with Crippen LogP contribution in [0.1, 0.15) is 27.7 Å². The zero-order valence-electron chi connectivity index (χ0n) is 12.7. The van der Waals surface area contributed by atoms with Crippen LogP contribution in [-0.2, 0) is 20.0 Å². The van der Waals surface area contributed by atoms with E-state index in [0.29, 0.717) is 13.1 Å². The Hall–Kier alpha value is -0.960. The summed E-state index contributed by atoms with van der Waals surface area (Å²) in [5.74, 6) is 0. The van der Waals surface area contributed by atoms with Crippen LogP contribution in [0, 0.1) is 0 Å². The molecular formula is C13H22N2O4S2. The van der Waals surface area contributed by atoms with Crippen molar-refractivity contribution < 1.29 is 16.8 Å². The second kappa shape index (κ2) is 6.87. The highest BCUT2D eigenvalue weighted by molar-refractivity contribution is 7.89. The largest absolute Gasteiger partial charge is 0.243 e. The summed E-state index contributed by atoms with van der Waals surface area (Å²) in [7, 11) is -7.18. The lowest BCUT2D eigenvalue weighted by Crippen LogP contribution is -2.31. The molecule has 21 heavy (non-hydrogen) atoms. The van der Waals surface area contributed by atoms with Crippen LogP contribution in [0.3, 0.4) is 0 Å². The molecule has 0 aromatic heterocycles. The highest BCUT2D eigenvalue weighted by atomic mass is 32.2. The van der Waals surface area contributed by atoms with Crippen LogP contribution in [0.25, 0.3) is 0 Å². The molecule has 0 aliphatic heterocycles. The van der Waals surface area contributed by atoms with Gasteiger partial charge in [0.05, 0.1) is 9.79 Å². The number of rotatable bonds is 7. The Labute approximate surface area is 127 Å². The van der Waals surface area contributed by atoms with Crippen LogP contribution < -0.4 is 4.72 Å². The van der Waals surface area contributed by atoms with E-state index in [4.69, 9.17) is 0 Å². The topological polar surface area (TPSA) is 83.6 Å². The van der Waals surface area contributed by atoms with E-state index >= 15 is 0 Å². The molecule has 0 unspecified atom stereocenters. The maximum absolute atomic E-state index is 12.3. The normalized spacial score (nSPS) is 13.0. The molecule has 0 atom stereocenters. The lowest BCUT2D eigenvalue weighted by Gasteiger charge is -2.18. The molecule has 0 bridgehead atoms. The number of hydrogen-bond donors (Lipinski definition) is 1. The summed E-state index contributed by atoms with van der Waals surface area (Å²) >= 11 is 0. The molecule has 0 saturated carbocycles. The Morgan fingerprint density at radius 1 is 0.952 bits per heavy atom. The molecule has 0 spiro atoms. The Kier molecular flexibility index (Phi) is 5.92. The number of nitrogens with one attached hydrogen (secondary N) is 1. The predicted octanol–water partition coefficient (Wildman–Crippen LogP) is 1.40. The van der Waals surface area contributed by atoms with Gasteiger partial charge in [0.2, 0.25) is 20.0 Å². The summed E-state index contributed by atoms with van der Waals surface area (Å²) in [5.41, 5.74) is 0. The van der Waals surface area contributed by atoms with E-state index in [2.05, 4.69) is 4.72 Å². The quantitative estimate of drug-likeness (QED) is 0.817. The molecule has 1 N–H and O–H groups in total. The van der Waals surface area contributed by atoms with Gasteiger partial charge in [-0.2, -0.15) is 4.31 Å². The van der Waals surface area contributed by atoms with E-state index in [1.54, 1.807) is 27.7 Å². The van der Waals surface area contributed by atoms with Crippen molar-refractivity contribution in [1.82, 2.24) is 9.03 Å². The van der Waals surface area contributed by atoms with E-state index < -0.39 is 20.0 Å². The zero-order valence-corrected chi connectivity index (χ0v) is 14.3. The maximum Gasteiger partial charge on any atom is 0.243 e. The van der Waals surface area contributed by atoms with Gasteiger partial charge in [0.1, 0.15) is 0 Å². The Bertz CT molecular complexity index is 661. The second-order valence-corrected chi connectivity index (χ2v) is 8.49. The Morgan fingerprint density at radius 2 is 1.38 bits per heavy atom. The average Bonchev–Trinajstić information content (AvgIpc) is 2.38. The van der Waals surface area contributed by atoms with Crippen LogP contribution in [0.2, 0.25) is 0 Å². The molecule has 1 aromatic rings. The van der Waals surface area contributed by atoms with Gasteiger partial charge in [0, 0.05) is 19.1 Å². The summed E-state index contributed by atoms with van der Waals surface area (Å²) in [6.45, 7) is 7.69. The molecule has 6 nitrogen and oxygen atoms in total. The molecule has 0 aliphatic rings. The maximum atomic E-state index is 12.3. The minimum atomic E-state index is -3.61. The lowest BCUT2D eigenvalue weighted by molar-refractivity contribution is 0.445. The van der Waals surface area contributed by atoms with Gasteiger partial charge in [-0.05, 0) is 38.1 Å². The summed E-state index contributed by atoms with van der Waals surface area (Å²) < 4.78 is 52.3. The molecule has 0 aliphatic carbocycles. The van der Waals surface area contributed by atoms with Gasteiger partial charge in [-0.3, -0.25) is 0 Å². The number of nitrogens with zero attached hydrogens (tertiary/aromatic N) is 1. The van der Waals surface area contributed by atoms with Gasteiger partial charge < -0.3 is 0 Å². The van der Waals surface area contributed by atoms with Gasteiger partial charge in [0.15, 0.2) is 0 Å². The third-order valence-electron chi connectivity index (χ3n) is 2.87. The highest BCUT2D eigenvalue weighted by Gasteiger charge is 2.22. The monoisotopic (exact) mass is 334 g/mol. The second-order valence-electron chi connectivity index (χ2n) is 4.84. The molecule has 0 amide bonds. The van der Waals surface area contributed by atoms with E-state index in [9.17, 15) is 16.8 Å². The van der Waals surface area contributed by atoms with Crippen molar-refractivity contribution in [2.24, 2.45) is 0 Å². The van der Waals surface area contributed by atoms with Crippen LogP contribution in [0.4, 0.5) is 0 Å². The van der Waals surface area contributed by atoms with Gasteiger partial charge in [-0.25, -0.2) is 21.6 Å². The highest BCUT2D eigenvalue weighted by Crippen LogP contribution is 2.18. The smallest absolute Gasteiger partial charge is 0.209 e. The molecule has 1 aromatic carbocycles. The van der Waals surface area contributed by atoms with Crippen molar-refractivity contribution in [2.45, 2.75) is 43.5 Å². The number of benzene rings is 1. The Morgan fingerprint density at radius 3 is 1.76 bits per heavy atom. The van der Waals surface area contributed by atoms with E-state index in [1.807, 2.05) is 0 Å². The van der Waals surface area contributed by atoms with Crippen LogP contribution in [-0.4, -0.2) is 40.3 Å². The molecule has 0 saturated heterocycles. The third kappa shape index (κ3) is 4.26. The number of sulfonamides is 2. The van der Waals surface area contributed by atoms with Crippen molar-refractivity contribution in [2.75, 3.05) is 13.1 Å². The first-order chi connectivity index (χ1) is 9.65. The summed E-state index contributed by atoms with van der Waals surface area (Å²) in [5, 5.41) is 0. The fourth-order valence-electron chi connectivity index (χ4n) is 1.88. The van der Waals surface area contributed by atoms with Gasteiger partial charge >= 0.3 is 0 Å². The minimum Gasteiger partial charge on any atom is -0.209 e. The fraction of sp³-hybridized carbons (Fsp3) is 0.538. The first kappa shape index (κ1) is 18.1. The van der Waals surface area contributed by atoms with Gasteiger partial charge in [-0.1, -0.05) is 13.8 Å². The summed E-state index contributed by atoms with van der Waals surface area (Å²) in [6.07, 6.45) is 0. The van der Waals surface area contributed by atoms with E-state index in [-0.39, 0.29) is 15.8 Å². The Balaban J connectivity index is 3.14. The molecule has 1 rings (SSSR count). The van der Waals surface area contributed by atoms with Gasteiger partial charge in [0.25, 0.3) is 0 Å². The first-order valence-electron chi connectivity index (χ1n) is 6.77. The zero-order chi connectivity index (χ0) is 16.3. The predicted molar refractivity (Wildman–Crippen MR) is 82.0 cm³/mol. The number of hydrogen-bond acceptors (Lipinski definition) is 4. The van der Waals surface area contributed by atoms with Crippen molar-refractivity contribution in [3.05, 3.63) is 24.3 Å². The SMILES string of the molecule is CCN(CC)S(=O)(=O)c1ccc(S(=O)(=O)NC(C)C)cc1. The van der Waals surface area contributed by atoms with E-state index in [1.165, 1.54) is 28.6 Å². The van der Waals surface area contributed by atoms with Crippen LogP contribution in [0.5, 0.6) is 0 Å². The molecule has 0 fully saturated rings. The van der Waals surface area contributed by atoms with Crippen molar-refractivity contribution >= 4 is 20.0 Å². The molecule has 0 radical (unpaired) electrons. The molecule has 0 heterocycles. The minimum absolute atomic E-state index is 0.0506. The average molecular weight is 334 g/mol. The van der Waals surface area contributed by atoms with Crippen LogP contribution in [0.15, 0.2) is 34.1 Å². The van der Waals surface area contributed by atoms with Crippen molar-refractivity contribution in [3.63, 3.8) is 0 Å². The molecule has 120 valence electrons. The van der Waals surface area contributed by atoms with Gasteiger partial charge in [-0.15, -0.1) is 0 Å². The van der Waals surface area contributed by atoms with Crippen molar-refractivity contribution in [3.8, 4) is 0 Å². The summed E-state index contributed by atoms with van der Waals surface area (Å²) in [4.78, 5) is 0.143. The summed E-state index contributed by atoms with van der Waals surface area (Å²) in [6, 6.07) is 5.03. The van der Waals surface area contributed by atoms with Crippen LogP contribution >= 0.6 is 0 Å². The lowest BCUT2D eigenvalue weighted by atomic mass is 10.4.